The fraction of sp³-hybridized carbons (Fsp3) is 0.333. The third kappa shape index (κ3) is 4.72. The molecule has 0 aromatic carbocycles. The minimum Gasteiger partial charge on any atom is -0.481 e. The molecule has 20 heavy (non-hydrogen) atoms. The molecule has 2 aromatic rings. The van der Waals surface area contributed by atoms with E-state index >= 15 is 0 Å². The molecule has 0 saturated carbocycles. The lowest BCUT2D eigenvalue weighted by atomic mass is 10.5. The van der Waals surface area contributed by atoms with E-state index in [0.29, 0.717) is 11.5 Å². The fourth-order valence-electron chi connectivity index (χ4n) is 1.14. The summed E-state index contributed by atoms with van der Waals surface area (Å²) in [6, 6.07) is 2.93. The molecule has 2 aromatic heterocycles. The van der Waals surface area contributed by atoms with E-state index in [0.717, 1.165) is 13.2 Å². The van der Waals surface area contributed by atoms with Gasteiger partial charge in [0.1, 0.15) is 0 Å². The molecule has 0 saturated heterocycles. The van der Waals surface area contributed by atoms with E-state index in [1.54, 1.807) is 0 Å². The predicted octanol–water partition coefficient (Wildman–Crippen LogP) is -0.501. The van der Waals surface area contributed by atoms with Crippen molar-refractivity contribution in [2.75, 3.05) is 6.26 Å². The van der Waals surface area contributed by atoms with Crippen LogP contribution in [0.3, 0.4) is 0 Å². The van der Waals surface area contributed by atoms with Crippen LogP contribution in [0.4, 0.5) is 0 Å². The smallest absolute Gasteiger partial charge is 0.300 e. The number of carbonyl (C=O) groups is 1. The third-order valence-corrected chi connectivity index (χ3v) is 2.84. The van der Waals surface area contributed by atoms with E-state index < -0.39 is 15.8 Å². The zero-order valence-corrected chi connectivity index (χ0v) is 12.3. The highest BCUT2D eigenvalue weighted by molar-refractivity contribution is 7.90. The van der Waals surface area contributed by atoms with Gasteiger partial charge < -0.3 is 10.8 Å². The van der Waals surface area contributed by atoms with Crippen LogP contribution in [0.1, 0.15) is 12.7 Å². The second-order valence-electron chi connectivity index (χ2n) is 3.55. The van der Waals surface area contributed by atoms with Gasteiger partial charge in [0, 0.05) is 13.2 Å². The van der Waals surface area contributed by atoms with Gasteiger partial charge >= 0.3 is 0 Å². The van der Waals surface area contributed by atoms with Crippen molar-refractivity contribution in [2.24, 2.45) is 5.73 Å². The van der Waals surface area contributed by atoms with Crippen molar-refractivity contribution in [3.8, 4) is 0 Å². The first-order valence-corrected chi connectivity index (χ1v) is 6.96. The van der Waals surface area contributed by atoms with Gasteiger partial charge in [0.25, 0.3) is 5.97 Å². The van der Waals surface area contributed by atoms with Gasteiger partial charge in [-0.3, -0.25) is 4.79 Å². The summed E-state index contributed by atoms with van der Waals surface area (Å²) in [5.74, 6) is -0.407. The normalized spacial score (nSPS) is 10.3. The summed E-state index contributed by atoms with van der Waals surface area (Å²) >= 11 is 0. The highest BCUT2D eigenvalue weighted by Crippen LogP contribution is 2.07. The third-order valence-electron chi connectivity index (χ3n) is 1.87. The Balaban J connectivity index is 0.000000644. The molecule has 0 aliphatic carbocycles. The second kappa shape index (κ2) is 7.12. The highest BCUT2D eigenvalue weighted by atomic mass is 35.5. The molecule has 0 atom stereocenters. The Bertz CT molecular complexity index is 695. The quantitative estimate of drug-likeness (QED) is 0.753. The molecule has 0 spiro atoms. The number of aliphatic carboxylic acids is 1. The number of aromatic nitrogens is 4. The van der Waals surface area contributed by atoms with Gasteiger partial charge in [0.15, 0.2) is 26.3 Å². The summed E-state index contributed by atoms with van der Waals surface area (Å²) in [5.41, 5.74) is 5.88. The van der Waals surface area contributed by atoms with Crippen molar-refractivity contribution in [3.63, 3.8) is 0 Å². The zero-order valence-electron chi connectivity index (χ0n) is 10.7. The molecule has 0 fully saturated rings. The average molecular weight is 324 g/mol. The molecule has 3 N–H and O–H groups in total. The highest BCUT2D eigenvalue weighted by Gasteiger charge is 2.12. The number of sulfone groups is 1. The van der Waals surface area contributed by atoms with E-state index in [4.69, 9.17) is 15.6 Å². The summed E-state index contributed by atoms with van der Waals surface area (Å²) in [6.45, 7) is 1.24. The molecule has 0 amide bonds. The lowest BCUT2D eigenvalue weighted by Crippen LogP contribution is -2.09. The first kappa shape index (κ1) is 18.2. The average Bonchev–Trinajstić information content (AvgIpc) is 2.68. The van der Waals surface area contributed by atoms with Crippen molar-refractivity contribution < 1.29 is 18.3 Å². The minimum absolute atomic E-state index is 0. The van der Waals surface area contributed by atoms with E-state index in [2.05, 4.69) is 15.3 Å². The van der Waals surface area contributed by atoms with E-state index in [9.17, 15) is 8.42 Å². The Morgan fingerprint density at radius 3 is 2.40 bits per heavy atom. The summed E-state index contributed by atoms with van der Waals surface area (Å²) in [4.78, 5) is 9.00. The molecule has 112 valence electrons. The van der Waals surface area contributed by atoms with Gasteiger partial charge in [-0.2, -0.15) is 9.61 Å². The molecular formula is C9H14ClN5O4S. The maximum absolute atomic E-state index is 11.3. The predicted molar refractivity (Wildman–Crippen MR) is 72.3 cm³/mol. The summed E-state index contributed by atoms with van der Waals surface area (Å²) < 4.78 is 23.8. The Labute approximate surface area is 121 Å². The number of nitrogens with two attached hydrogens (primary N) is 1. The molecular weight excluding hydrogens is 310 g/mol. The van der Waals surface area contributed by atoms with E-state index in [1.165, 1.54) is 16.6 Å². The first-order chi connectivity index (χ1) is 8.75. The van der Waals surface area contributed by atoms with Crippen LogP contribution in [0, 0.1) is 0 Å². The lowest BCUT2D eigenvalue weighted by Gasteiger charge is -1.98. The Hall–Kier alpha value is -1.78. The molecule has 2 heterocycles. The van der Waals surface area contributed by atoms with Crippen LogP contribution in [0.25, 0.3) is 5.65 Å². The van der Waals surface area contributed by atoms with Crippen LogP contribution in [0.2, 0.25) is 0 Å². The first-order valence-electron chi connectivity index (χ1n) is 5.06. The topological polar surface area (TPSA) is 141 Å². The number of hydrogen-bond donors (Lipinski definition) is 2. The van der Waals surface area contributed by atoms with Crippen LogP contribution < -0.4 is 5.73 Å². The number of carboxylic acid groups (broad SMARTS) is 1. The monoisotopic (exact) mass is 323 g/mol. The molecule has 0 radical (unpaired) electrons. The number of rotatable bonds is 2. The Morgan fingerprint density at radius 1 is 1.40 bits per heavy atom. The largest absolute Gasteiger partial charge is 0.481 e. The van der Waals surface area contributed by atoms with Gasteiger partial charge in [-0.05, 0) is 12.1 Å². The van der Waals surface area contributed by atoms with Crippen LogP contribution in [0.5, 0.6) is 0 Å². The van der Waals surface area contributed by atoms with Crippen molar-refractivity contribution in [1.82, 2.24) is 19.8 Å². The van der Waals surface area contributed by atoms with Gasteiger partial charge in [-0.15, -0.1) is 22.6 Å². The molecule has 0 aliphatic rings. The number of hydrogen-bond acceptors (Lipinski definition) is 7. The minimum atomic E-state index is -3.33. The number of nitrogens with zero attached hydrogens (tertiary/aromatic N) is 4. The Morgan fingerprint density at radius 2 is 1.95 bits per heavy atom. The second-order valence-corrected chi connectivity index (χ2v) is 5.52. The van der Waals surface area contributed by atoms with Gasteiger partial charge in [-0.1, -0.05) is 0 Å². The van der Waals surface area contributed by atoms with Gasteiger partial charge in [0.05, 0.1) is 6.54 Å². The fourth-order valence-corrected chi connectivity index (χ4v) is 1.69. The van der Waals surface area contributed by atoms with Gasteiger partial charge in [0.2, 0.25) is 0 Å². The molecule has 11 heteroatoms. The van der Waals surface area contributed by atoms with Crippen molar-refractivity contribution >= 4 is 33.9 Å². The van der Waals surface area contributed by atoms with Crippen LogP contribution in [-0.2, 0) is 21.2 Å². The van der Waals surface area contributed by atoms with Crippen LogP contribution in [-0.4, -0.2) is 45.6 Å². The molecule has 9 nitrogen and oxygen atoms in total. The molecule has 0 bridgehead atoms. The zero-order chi connectivity index (χ0) is 14.6. The maximum Gasteiger partial charge on any atom is 0.300 e. The van der Waals surface area contributed by atoms with Crippen molar-refractivity contribution in [2.45, 2.75) is 18.5 Å². The Kier molecular flexibility index (Phi) is 6.49. The lowest BCUT2D eigenvalue weighted by molar-refractivity contribution is -0.134. The molecule has 0 unspecified atom stereocenters. The number of halogens is 1. The van der Waals surface area contributed by atoms with Crippen LogP contribution in [0.15, 0.2) is 17.2 Å². The van der Waals surface area contributed by atoms with E-state index in [1.807, 2.05) is 0 Å². The number of fused-ring (bicyclic) bond motifs is 1. The van der Waals surface area contributed by atoms with Crippen molar-refractivity contribution in [1.29, 1.82) is 0 Å². The SMILES string of the molecule is CC(=O)O.CS(=O)(=O)c1ccc2nnc(CN)n2n1.Cl. The molecule has 2 rings (SSSR count). The molecule has 0 aliphatic heterocycles. The summed E-state index contributed by atoms with van der Waals surface area (Å²) in [7, 11) is -3.33. The standard InChI is InChI=1S/C7H9N5O2S.C2H4O2.ClH/c1-15(13,14)7-3-2-5-9-10-6(4-8)12(5)11-7;1-2(3)4;/h2-3H,4,8H2,1H3;1H3,(H,3,4);1H. The summed E-state index contributed by atoms with van der Waals surface area (Å²) in [6.07, 6.45) is 1.09. The van der Waals surface area contributed by atoms with Gasteiger partial charge in [-0.25, -0.2) is 8.42 Å². The van der Waals surface area contributed by atoms with Crippen molar-refractivity contribution in [3.05, 3.63) is 18.0 Å². The van der Waals surface area contributed by atoms with Crippen LogP contribution >= 0.6 is 12.4 Å². The summed E-state index contributed by atoms with van der Waals surface area (Å²) in [5, 5.41) is 18.8. The number of carboxylic acids is 1. The van der Waals surface area contributed by atoms with E-state index in [-0.39, 0.29) is 24.0 Å². The maximum atomic E-state index is 11.3.